The van der Waals surface area contributed by atoms with E-state index in [2.05, 4.69) is 19.9 Å². The van der Waals surface area contributed by atoms with Gasteiger partial charge in [-0.1, -0.05) is 128 Å². The van der Waals surface area contributed by atoms with E-state index in [1.54, 1.807) is 5.57 Å². The van der Waals surface area contributed by atoms with Gasteiger partial charge in [0.15, 0.2) is 0 Å². The van der Waals surface area contributed by atoms with E-state index in [1.165, 1.54) is 116 Å². The van der Waals surface area contributed by atoms with E-state index in [0.29, 0.717) is 18.8 Å². The van der Waals surface area contributed by atoms with Crippen molar-refractivity contribution in [3.05, 3.63) is 11.6 Å². The zero-order valence-electron chi connectivity index (χ0n) is 24.8. The average Bonchev–Trinajstić information content (AvgIpc) is 2.86. The highest BCUT2D eigenvalue weighted by Gasteiger charge is 2.14. The van der Waals surface area contributed by atoms with Crippen molar-refractivity contribution in [2.24, 2.45) is 5.92 Å². The Hall–Kier alpha value is -1.32. The highest BCUT2D eigenvalue weighted by Crippen LogP contribution is 2.30. The number of carboxylic acid groups (broad SMARTS) is 2. The second-order valence-electron chi connectivity index (χ2n) is 11.2. The topological polar surface area (TPSA) is 74.6 Å². The fraction of sp³-hybridized carbons (Fsp3) is 0.879. The molecule has 218 valence electrons. The maximum Gasteiger partial charge on any atom is 0.303 e. The summed E-state index contributed by atoms with van der Waals surface area (Å²) in [4.78, 5) is 21.5. The fourth-order valence-electron chi connectivity index (χ4n) is 5.35. The third-order valence-electron chi connectivity index (χ3n) is 7.69. The lowest BCUT2D eigenvalue weighted by molar-refractivity contribution is -0.138. The van der Waals surface area contributed by atoms with Gasteiger partial charge in [-0.2, -0.15) is 0 Å². The Bertz CT molecular complexity index is 555. The van der Waals surface area contributed by atoms with Crippen molar-refractivity contribution in [1.29, 1.82) is 0 Å². The number of hydrogen-bond acceptors (Lipinski definition) is 2. The molecule has 0 aliphatic carbocycles. The molecular formula is C33H62O4. The Morgan fingerprint density at radius 1 is 0.514 bits per heavy atom. The highest BCUT2D eigenvalue weighted by molar-refractivity contribution is 5.66. The molecule has 0 bridgehead atoms. The van der Waals surface area contributed by atoms with Gasteiger partial charge in [0, 0.05) is 12.8 Å². The van der Waals surface area contributed by atoms with Gasteiger partial charge in [-0.25, -0.2) is 0 Å². The first-order valence-corrected chi connectivity index (χ1v) is 16.1. The molecule has 0 rings (SSSR count). The van der Waals surface area contributed by atoms with Crippen LogP contribution >= 0.6 is 0 Å². The van der Waals surface area contributed by atoms with Gasteiger partial charge in [-0.15, -0.1) is 0 Å². The fourth-order valence-corrected chi connectivity index (χ4v) is 5.35. The summed E-state index contributed by atoms with van der Waals surface area (Å²) in [6.07, 6.45) is 32.6. The summed E-state index contributed by atoms with van der Waals surface area (Å²) in [7, 11) is 0. The molecule has 0 aromatic heterocycles. The van der Waals surface area contributed by atoms with Crippen LogP contribution in [0.4, 0.5) is 0 Å². The van der Waals surface area contributed by atoms with Gasteiger partial charge >= 0.3 is 11.9 Å². The van der Waals surface area contributed by atoms with Gasteiger partial charge in [0.2, 0.25) is 0 Å². The molecule has 0 aromatic rings. The summed E-state index contributed by atoms with van der Waals surface area (Å²) in [6.45, 7) is 4.56. The maximum absolute atomic E-state index is 10.7. The molecule has 0 spiro atoms. The Labute approximate surface area is 230 Å². The summed E-state index contributed by atoms with van der Waals surface area (Å²) in [5, 5.41) is 17.7. The Balaban J connectivity index is 4.80. The van der Waals surface area contributed by atoms with Crippen LogP contribution in [0.3, 0.4) is 0 Å². The minimum absolute atomic E-state index is 0.305. The number of carboxylic acids is 2. The second-order valence-corrected chi connectivity index (χ2v) is 11.2. The van der Waals surface area contributed by atoms with Crippen molar-refractivity contribution in [2.45, 2.75) is 181 Å². The number of hydrogen-bond donors (Lipinski definition) is 2. The maximum atomic E-state index is 10.7. The zero-order chi connectivity index (χ0) is 27.4. The van der Waals surface area contributed by atoms with Gasteiger partial charge < -0.3 is 10.2 Å². The van der Waals surface area contributed by atoms with Crippen LogP contribution in [-0.2, 0) is 9.59 Å². The molecule has 0 aliphatic heterocycles. The molecule has 4 nitrogen and oxygen atoms in total. The van der Waals surface area contributed by atoms with Crippen LogP contribution in [-0.4, -0.2) is 22.2 Å². The molecule has 4 heteroatoms. The van der Waals surface area contributed by atoms with Crippen molar-refractivity contribution in [3.63, 3.8) is 0 Å². The van der Waals surface area contributed by atoms with E-state index in [0.717, 1.165) is 38.5 Å². The number of allylic oxidation sites excluding steroid dienone is 2. The van der Waals surface area contributed by atoms with Gasteiger partial charge in [-0.05, 0) is 57.3 Å². The highest BCUT2D eigenvalue weighted by atomic mass is 16.4. The van der Waals surface area contributed by atoms with Gasteiger partial charge in [0.1, 0.15) is 0 Å². The molecule has 0 heterocycles. The minimum atomic E-state index is -0.673. The second kappa shape index (κ2) is 27.7. The van der Waals surface area contributed by atoms with Crippen LogP contribution in [0.5, 0.6) is 0 Å². The summed E-state index contributed by atoms with van der Waals surface area (Å²) in [5.74, 6) is -0.634. The first kappa shape index (κ1) is 35.7. The smallest absolute Gasteiger partial charge is 0.303 e. The molecule has 0 aromatic carbocycles. The lowest BCUT2D eigenvalue weighted by Crippen LogP contribution is -2.06. The van der Waals surface area contributed by atoms with Gasteiger partial charge in [-0.3, -0.25) is 9.59 Å². The van der Waals surface area contributed by atoms with Gasteiger partial charge in [0.25, 0.3) is 0 Å². The quantitative estimate of drug-likeness (QED) is 0.0756. The third kappa shape index (κ3) is 26.1. The Morgan fingerprint density at radius 3 is 1.38 bits per heavy atom. The molecule has 2 N–H and O–H groups in total. The van der Waals surface area contributed by atoms with E-state index in [4.69, 9.17) is 10.2 Å². The minimum Gasteiger partial charge on any atom is -0.481 e. The molecule has 0 saturated carbocycles. The molecular weight excluding hydrogens is 460 g/mol. The standard InChI is InChI=1S/C33H62O4/c1-3-5-7-9-10-13-19-25-31(27-21-15-12-17-23-29-33(36)37)30(24-18-8-6-4-2)26-20-14-11-16-22-28-32(34)35/h25,30H,3-24,26-29H2,1-2H3,(H,34,35)(H,36,37)/b31-25+. The average molecular weight is 523 g/mol. The number of unbranched alkanes of at least 4 members (excludes halogenated alkanes) is 17. The summed E-state index contributed by atoms with van der Waals surface area (Å²) in [5.41, 5.74) is 1.71. The number of rotatable bonds is 29. The van der Waals surface area contributed by atoms with Crippen LogP contribution in [0.25, 0.3) is 0 Å². The third-order valence-corrected chi connectivity index (χ3v) is 7.69. The van der Waals surface area contributed by atoms with E-state index in [1.807, 2.05) is 0 Å². The first-order chi connectivity index (χ1) is 18.0. The van der Waals surface area contributed by atoms with Crippen molar-refractivity contribution in [3.8, 4) is 0 Å². The van der Waals surface area contributed by atoms with Crippen molar-refractivity contribution in [2.75, 3.05) is 0 Å². The van der Waals surface area contributed by atoms with Crippen LogP contribution < -0.4 is 0 Å². The Morgan fingerprint density at radius 2 is 0.892 bits per heavy atom. The normalized spacial score (nSPS) is 12.6. The summed E-state index contributed by atoms with van der Waals surface area (Å²) in [6, 6.07) is 0. The van der Waals surface area contributed by atoms with Crippen LogP contribution in [0.15, 0.2) is 11.6 Å². The monoisotopic (exact) mass is 522 g/mol. The van der Waals surface area contributed by atoms with Crippen molar-refractivity contribution < 1.29 is 19.8 Å². The molecule has 1 atom stereocenters. The largest absolute Gasteiger partial charge is 0.481 e. The lowest BCUT2D eigenvalue weighted by atomic mass is 9.84. The molecule has 0 radical (unpaired) electrons. The first-order valence-electron chi connectivity index (χ1n) is 16.1. The molecule has 37 heavy (non-hydrogen) atoms. The van der Waals surface area contributed by atoms with E-state index in [-0.39, 0.29) is 0 Å². The predicted octanol–water partition coefficient (Wildman–Crippen LogP) is 10.9. The molecule has 1 unspecified atom stereocenters. The van der Waals surface area contributed by atoms with E-state index in [9.17, 15) is 9.59 Å². The molecule has 0 amide bonds. The van der Waals surface area contributed by atoms with Crippen molar-refractivity contribution in [1.82, 2.24) is 0 Å². The van der Waals surface area contributed by atoms with Crippen LogP contribution in [0, 0.1) is 5.92 Å². The van der Waals surface area contributed by atoms with E-state index >= 15 is 0 Å². The van der Waals surface area contributed by atoms with Crippen LogP contribution in [0.1, 0.15) is 181 Å². The number of carbonyl (C=O) groups is 2. The van der Waals surface area contributed by atoms with Gasteiger partial charge in [0.05, 0.1) is 0 Å². The lowest BCUT2D eigenvalue weighted by Gasteiger charge is -2.22. The summed E-state index contributed by atoms with van der Waals surface area (Å²) < 4.78 is 0. The predicted molar refractivity (Wildman–Crippen MR) is 158 cm³/mol. The van der Waals surface area contributed by atoms with Crippen LogP contribution in [0.2, 0.25) is 0 Å². The Kier molecular flexibility index (Phi) is 26.7. The summed E-state index contributed by atoms with van der Waals surface area (Å²) >= 11 is 0. The molecule has 0 saturated heterocycles. The molecule has 0 fully saturated rings. The van der Waals surface area contributed by atoms with E-state index < -0.39 is 11.9 Å². The zero-order valence-corrected chi connectivity index (χ0v) is 24.8. The van der Waals surface area contributed by atoms with Crippen molar-refractivity contribution >= 4 is 11.9 Å². The number of aliphatic carboxylic acids is 2. The molecule has 0 aliphatic rings. The SMILES string of the molecule is CCCCCCCC/C=C(\CCCCCCCC(=O)O)C(CCCCCC)CCCCCCCC(=O)O.